The van der Waals surface area contributed by atoms with E-state index in [-0.39, 0.29) is 4.70 Å². The van der Waals surface area contributed by atoms with Crippen molar-refractivity contribution in [2.24, 2.45) is 0 Å². The van der Waals surface area contributed by atoms with Gasteiger partial charge in [0.15, 0.2) is 0 Å². The second-order valence-corrected chi connectivity index (χ2v) is 7.49. The highest BCUT2D eigenvalue weighted by atomic mass is 19.0. The molecule has 1 N–H and O–H groups in total. The topological polar surface area (TPSA) is 46.5 Å². The van der Waals surface area contributed by atoms with Gasteiger partial charge in [-0.3, -0.25) is 4.79 Å². The van der Waals surface area contributed by atoms with Gasteiger partial charge in [-0.25, -0.2) is 0 Å². The van der Waals surface area contributed by atoms with Gasteiger partial charge in [0.25, 0.3) is 5.97 Å². The molecular weight excluding hydrogens is 345 g/mol. The molecule has 0 aromatic heterocycles. The highest BCUT2D eigenvalue weighted by Gasteiger charge is 2.24. The first-order valence-corrected chi connectivity index (χ1v) is 11.1. The zero-order valence-electron chi connectivity index (χ0n) is 18.9. The molecule has 0 aromatic rings. The molecule has 27 heavy (non-hydrogen) atoms. The van der Waals surface area contributed by atoms with Gasteiger partial charge < -0.3 is 19.0 Å². The van der Waals surface area contributed by atoms with E-state index in [0.29, 0.717) is 0 Å². The minimum atomic E-state index is -0.833. The maximum atomic E-state index is 9.00. The first-order chi connectivity index (χ1) is 12.5. The Kier molecular flexibility index (Phi) is 26.8. The van der Waals surface area contributed by atoms with Gasteiger partial charge >= 0.3 is 0 Å². The lowest BCUT2D eigenvalue weighted by Crippen LogP contribution is -3.00. The number of carboxylic acids is 1. The van der Waals surface area contributed by atoms with Gasteiger partial charge in [0.1, 0.15) is 0 Å². The van der Waals surface area contributed by atoms with Gasteiger partial charge in [0, 0.05) is 20.1 Å². The quantitative estimate of drug-likeness (QED) is 0.519. The number of quaternary nitrogens is 1. The van der Waals surface area contributed by atoms with Crippen molar-refractivity contribution in [3.05, 3.63) is 0 Å². The molecule has 166 valence electrons. The monoisotopic (exact) mass is 393 g/mol. The van der Waals surface area contributed by atoms with Crippen LogP contribution in [0.15, 0.2) is 0 Å². The predicted octanol–water partition coefficient (Wildman–Crippen LogP) is 2.90. The first-order valence-electron chi connectivity index (χ1n) is 11.1. The van der Waals surface area contributed by atoms with Crippen LogP contribution in [0.3, 0.4) is 0 Å². The molecule has 1 aliphatic rings. The highest BCUT2D eigenvalue weighted by molar-refractivity contribution is 5.62. The number of aliphatic carboxylic acids is 1. The third-order valence-corrected chi connectivity index (χ3v) is 4.77. The molecule has 0 amide bonds. The molecule has 4 nitrogen and oxygen atoms in total. The van der Waals surface area contributed by atoms with E-state index < -0.39 is 5.97 Å². The van der Waals surface area contributed by atoms with Crippen LogP contribution in [-0.2, 0) is 9.53 Å². The minimum absolute atomic E-state index is 0. The zero-order chi connectivity index (χ0) is 20.1. The van der Waals surface area contributed by atoms with Crippen molar-refractivity contribution in [1.29, 1.82) is 0 Å². The summed E-state index contributed by atoms with van der Waals surface area (Å²) in [7, 11) is 0. The number of ether oxygens (including phenoxy) is 1. The van der Waals surface area contributed by atoms with E-state index in [4.69, 9.17) is 14.6 Å². The van der Waals surface area contributed by atoms with Crippen LogP contribution in [0.2, 0.25) is 0 Å². The number of carboxylic acid groups (broad SMARTS) is 1. The number of halogens is 1. The Bertz CT molecular complexity index is 248. The van der Waals surface area contributed by atoms with Crippen LogP contribution in [0, 0.1) is 0 Å². The standard InChI is InChI=1S/C16H36N.C4H8O.C2H4O2.FH/c1-5-9-13-17(14-10-6-2,15-11-7-3)16-12-8-4;1-2-4-5-3-1;1-2(3)4;/h5-16H2,1-4H3;1-4H2;1H3,(H,3,4);1H/q+1;;;/p-1. The lowest BCUT2D eigenvalue weighted by Gasteiger charge is -2.39. The maximum absolute atomic E-state index is 9.00. The van der Waals surface area contributed by atoms with E-state index in [1.165, 1.54) is 94.9 Å². The fourth-order valence-corrected chi connectivity index (χ4v) is 3.16. The van der Waals surface area contributed by atoms with E-state index in [9.17, 15) is 0 Å². The van der Waals surface area contributed by atoms with Crippen LogP contribution in [-0.4, -0.2) is 55.0 Å². The first kappa shape index (κ1) is 31.0. The summed E-state index contributed by atoms with van der Waals surface area (Å²) in [6.45, 7) is 18.1. The fourth-order valence-electron chi connectivity index (χ4n) is 3.16. The Morgan fingerprint density at radius 2 is 1.04 bits per heavy atom. The van der Waals surface area contributed by atoms with E-state index in [1.807, 2.05) is 0 Å². The van der Waals surface area contributed by atoms with Crippen LogP contribution < -0.4 is 4.70 Å². The molecule has 0 aliphatic carbocycles. The van der Waals surface area contributed by atoms with Gasteiger partial charge in [-0.05, 0) is 38.5 Å². The largest absolute Gasteiger partial charge is 1.00 e. The molecule has 5 heteroatoms. The van der Waals surface area contributed by atoms with E-state index in [0.717, 1.165) is 20.1 Å². The van der Waals surface area contributed by atoms with Gasteiger partial charge in [-0.15, -0.1) is 0 Å². The average Bonchev–Trinajstić information content (AvgIpc) is 3.20. The Balaban J connectivity index is -0.000000470. The summed E-state index contributed by atoms with van der Waals surface area (Å²) in [5, 5.41) is 7.42. The SMILES string of the molecule is C1CCOC1.CC(=O)O.CCCC[N+](CCCC)(CCCC)CCCC.[F-]. The van der Waals surface area contributed by atoms with Crippen LogP contribution in [0.25, 0.3) is 0 Å². The van der Waals surface area contributed by atoms with Crippen LogP contribution in [0.5, 0.6) is 0 Å². The molecule has 0 saturated carbocycles. The smallest absolute Gasteiger partial charge is 0.300 e. The molecule has 1 fully saturated rings. The van der Waals surface area contributed by atoms with Gasteiger partial charge in [-0.2, -0.15) is 0 Å². The van der Waals surface area contributed by atoms with Crippen LogP contribution >= 0.6 is 0 Å². The van der Waals surface area contributed by atoms with Gasteiger partial charge in [-0.1, -0.05) is 53.4 Å². The molecule has 0 radical (unpaired) electrons. The molecule has 0 unspecified atom stereocenters. The molecule has 0 atom stereocenters. The van der Waals surface area contributed by atoms with Crippen molar-refractivity contribution in [1.82, 2.24) is 0 Å². The molecule has 0 spiro atoms. The fraction of sp³-hybridized carbons (Fsp3) is 0.955. The van der Waals surface area contributed by atoms with Gasteiger partial charge in [0.05, 0.1) is 26.2 Å². The Hall–Kier alpha value is -0.680. The number of nitrogens with zero attached hydrogens (tertiary/aromatic N) is 1. The summed E-state index contributed by atoms with van der Waals surface area (Å²) in [5.41, 5.74) is 0. The summed E-state index contributed by atoms with van der Waals surface area (Å²) >= 11 is 0. The number of carbonyl (C=O) groups is 1. The lowest BCUT2D eigenvalue weighted by molar-refractivity contribution is -0.929. The van der Waals surface area contributed by atoms with Crippen molar-refractivity contribution in [2.75, 3.05) is 39.4 Å². The molecular formula is C22H48FNO3. The third-order valence-electron chi connectivity index (χ3n) is 4.77. The normalized spacial score (nSPS) is 12.9. The molecule has 0 bridgehead atoms. The van der Waals surface area contributed by atoms with Crippen molar-refractivity contribution in [3.63, 3.8) is 0 Å². The summed E-state index contributed by atoms with van der Waals surface area (Å²) in [6, 6.07) is 0. The molecule has 1 rings (SSSR count). The molecule has 1 heterocycles. The highest BCUT2D eigenvalue weighted by Crippen LogP contribution is 2.16. The summed E-state index contributed by atoms with van der Waals surface area (Å²) in [6.07, 6.45) is 13.6. The number of unbranched alkanes of at least 4 members (excludes halogenated alkanes) is 4. The van der Waals surface area contributed by atoms with E-state index >= 15 is 0 Å². The average molecular weight is 394 g/mol. The van der Waals surface area contributed by atoms with Crippen LogP contribution in [0.1, 0.15) is 98.8 Å². The Morgan fingerprint density at radius 3 is 1.19 bits per heavy atom. The maximum Gasteiger partial charge on any atom is 0.300 e. The molecule has 1 aliphatic heterocycles. The lowest BCUT2D eigenvalue weighted by atomic mass is 10.1. The third kappa shape index (κ3) is 23.3. The Labute approximate surface area is 168 Å². The van der Waals surface area contributed by atoms with Crippen molar-refractivity contribution < 1.29 is 23.8 Å². The zero-order valence-corrected chi connectivity index (χ0v) is 18.9. The number of rotatable bonds is 12. The van der Waals surface area contributed by atoms with E-state index in [1.54, 1.807) is 0 Å². The molecule has 1 saturated heterocycles. The predicted molar refractivity (Wildman–Crippen MR) is 113 cm³/mol. The van der Waals surface area contributed by atoms with Crippen molar-refractivity contribution in [2.45, 2.75) is 98.8 Å². The van der Waals surface area contributed by atoms with Crippen molar-refractivity contribution >= 4 is 5.97 Å². The van der Waals surface area contributed by atoms with Crippen LogP contribution in [0.4, 0.5) is 0 Å². The number of hydrogen-bond donors (Lipinski definition) is 1. The Morgan fingerprint density at radius 1 is 0.778 bits per heavy atom. The summed E-state index contributed by atoms with van der Waals surface area (Å²) in [5.74, 6) is -0.833. The van der Waals surface area contributed by atoms with E-state index in [2.05, 4.69) is 27.7 Å². The molecule has 0 aromatic carbocycles. The summed E-state index contributed by atoms with van der Waals surface area (Å²) < 4.78 is 6.36. The summed E-state index contributed by atoms with van der Waals surface area (Å²) in [4.78, 5) is 9.00. The number of hydrogen-bond acceptors (Lipinski definition) is 2. The van der Waals surface area contributed by atoms with Gasteiger partial charge in [0.2, 0.25) is 0 Å². The second kappa shape index (κ2) is 23.4. The second-order valence-electron chi connectivity index (χ2n) is 7.49. The minimum Gasteiger partial charge on any atom is -1.00 e. The van der Waals surface area contributed by atoms with Crippen molar-refractivity contribution in [3.8, 4) is 0 Å².